The van der Waals surface area contributed by atoms with Crippen molar-refractivity contribution in [2.45, 2.75) is 33.4 Å². The smallest absolute Gasteiger partial charge is 0.191 e. The van der Waals surface area contributed by atoms with Crippen molar-refractivity contribution in [3.05, 3.63) is 37.5 Å². The Morgan fingerprint density at radius 2 is 2.25 bits per heavy atom. The van der Waals surface area contributed by atoms with Crippen LogP contribution < -0.4 is 10.6 Å². The Balaban J connectivity index is 1.40. The van der Waals surface area contributed by atoms with E-state index in [0.29, 0.717) is 0 Å². The van der Waals surface area contributed by atoms with Crippen molar-refractivity contribution in [3.63, 3.8) is 0 Å². The van der Waals surface area contributed by atoms with Crippen LogP contribution in [0.4, 0.5) is 0 Å². The molecule has 1 aliphatic heterocycles. The van der Waals surface area contributed by atoms with Gasteiger partial charge < -0.3 is 10.6 Å². The fourth-order valence-electron chi connectivity index (χ4n) is 2.82. The molecule has 0 bridgehead atoms. The van der Waals surface area contributed by atoms with Gasteiger partial charge in [-0.15, -0.1) is 22.7 Å². The van der Waals surface area contributed by atoms with E-state index in [1.165, 1.54) is 16.9 Å². The number of nitrogens with one attached hydrogen (secondary N) is 2. The van der Waals surface area contributed by atoms with Crippen LogP contribution in [0.5, 0.6) is 0 Å². The molecule has 0 aliphatic carbocycles. The summed E-state index contributed by atoms with van der Waals surface area (Å²) in [5.74, 6) is 0.841. The molecule has 3 heterocycles. The van der Waals surface area contributed by atoms with Crippen molar-refractivity contribution in [1.82, 2.24) is 20.5 Å². The molecule has 130 valence electrons. The maximum absolute atomic E-state index is 4.55. The highest BCUT2D eigenvalue weighted by atomic mass is 32.1. The number of guanidine groups is 1. The van der Waals surface area contributed by atoms with E-state index in [2.05, 4.69) is 50.8 Å². The van der Waals surface area contributed by atoms with Crippen LogP contribution >= 0.6 is 22.7 Å². The Hall–Kier alpha value is -1.44. The van der Waals surface area contributed by atoms with Gasteiger partial charge in [0.2, 0.25) is 0 Å². The second-order valence-corrected chi connectivity index (χ2v) is 8.29. The quantitative estimate of drug-likeness (QED) is 0.633. The zero-order chi connectivity index (χ0) is 16.9. The Morgan fingerprint density at radius 3 is 3.00 bits per heavy atom. The molecule has 1 aliphatic rings. The number of nitrogens with zero attached hydrogens (tertiary/aromatic N) is 3. The summed E-state index contributed by atoms with van der Waals surface area (Å²) in [6.07, 6.45) is 1.18. The maximum Gasteiger partial charge on any atom is 0.191 e. The Kier molecular flexibility index (Phi) is 5.86. The predicted molar refractivity (Wildman–Crippen MR) is 103 cm³/mol. The number of aromatic nitrogens is 1. The molecule has 2 N–H and O–H groups in total. The molecule has 0 saturated carbocycles. The monoisotopic (exact) mass is 363 g/mol. The van der Waals surface area contributed by atoms with E-state index >= 15 is 0 Å². The lowest BCUT2D eigenvalue weighted by molar-refractivity contribution is 0.260. The van der Waals surface area contributed by atoms with Gasteiger partial charge in [0.25, 0.3) is 0 Å². The van der Waals surface area contributed by atoms with Crippen molar-refractivity contribution >= 4 is 28.6 Å². The minimum Gasteiger partial charge on any atom is -0.355 e. The summed E-state index contributed by atoms with van der Waals surface area (Å²) in [4.78, 5) is 14.2. The van der Waals surface area contributed by atoms with Gasteiger partial charge in [-0.05, 0) is 37.3 Å². The van der Waals surface area contributed by atoms with Crippen molar-refractivity contribution in [2.24, 2.45) is 4.99 Å². The second kappa shape index (κ2) is 8.09. The normalized spacial score (nSPS) is 15.4. The fourth-order valence-corrected chi connectivity index (χ4v) is 4.59. The minimum absolute atomic E-state index is 0.723. The van der Waals surface area contributed by atoms with Crippen LogP contribution in [0.15, 0.2) is 16.4 Å². The van der Waals surface area contributed by atoms with E-state index in [9.17, 15) is 0 Å². The molecule has 2 aromatic rings. The molecule has 5 nitrogen and oxygen atoms in total. The molecule has 0 radical (unpaired) electrons. The van der Waals surface area contributed by atoms with Gasteiger partial charge in [0, 0.05) is 43.0 Å². The number of rotatable bonds is 5. The van der Waals surface area contributed by atoms with Gasteiger partial charge in [-0.3, -0.25) is 9.89 Å². The van der Waals surface area contributed by atoms with Crippen LogP contribution in [0, 0.1) is 13.8 Å². The lowest BCUT2D eigenvalue weighted by Crippen LogP contribution is -2.42. The average molecular weight is 364 g/mol. The van der Waals surface area contributed by atoms with Crippen molar-refractivity contribution in [2.75, 3.05) is 26.7 Å². The standard InChI is InChI=1S/C17H25N5S2/c1-12-13(2)24-16(21-12)10-20-17(18-3)19-6-8-22-7-4-15-14(11-22)5-9-23-15/h5,9H,4,6-8,10-11H2,1-3H3,(H2,18,19,20). The summed E-state index contributed by atoms with van der Waals surface area (Å²) in [5.41, 5.74) is 2.63. The summed E-state index contributed by atoms with van der Waals surface area (Å²) in [6, 6.07) is 2.26. The first-order valence-corrected chi connectivity index (χ1v) is 10.0. The highest BCUT2D eigenvalue weighted by Crippen LogP contribution is 2.23. The SMILES string of the molecule is CN=C(NCCN1CCc2sccc2C1)NCc1nc(C)c(C)s1. The van der Waals surface area contributed by atoms with E-state index < -0.39 is 0 Å². The number of fused-ring (bicyclic) bond motifs is 1. The van der Waals surface area contributed by atoms with E-state index in [4.69, 9.17) is 0 Å². The molecular weight excluding hydrogens is 338 g/mol. The van der Waals surface area contributed by atoms with Gasteiger partial charge >= 0.3 is 0 Å². The second-order valence-electron chi connectivity index (χ2n) is 6.00. The molecule has 0 unspecified atom stereocenters. The lowest BCUT2D eigenvalue weighted by Gasteiger charge is -2.27. The highest BCUT2D eigenvalue weighted by molar-refractivity contribution is 7.11. The number of aliphatic imine (C=N–C) groups is 1. The molecule has 0 atom stereocenters. The molecule has 0 aromatic carbocycles. The van der Waals surface area contributed by atoms with E-state index in [-0.39, 0.29) is 0 Å². The number of thiazole rings is 1. The first kappa shape index (κ1) is 17.4. The van der Waals surface area contributed by atoms with E-state index in [1.54, 1.807) is 16.2 Å². The van der Waals surface area contributed by atoms with E-state index in [1.807, 2.05) is 18.4 Å². The van der Waals surface area contributed by atoms with Crippen molar-refractivity contribution in [3.8, 4) is 0 Å². The maximum atomic E-state index is 4.55. The number of hydrogen-bond donors (Lipinski definition) is 2. The van der Waals surface area contributed by atoms with Crippen LogP contribution in [-0.4, -0.2) is 42.5 Å². The molecule has 0 fully saturated rings. The third kappa shape index (κ3) is 4.34. The molecule has 24 heavy (non-hydrogen) atoms. The van der Waals surface area contributed by atoms with Gasteiger partial charge in [0.05, 0.1) is 12.2 Å². The van der Waals surface area contributed by atoms with Gasteiger partial charge in [0.1, 0.15) is 5.01 Å². The van der Waals surface area contributed by atoms with Crippen LogP contribution in [0.25, 0.3) is 0 Å². The Labute approximate surface area is 151 Å². The average Bonchev–Trinajstić information content (AvgIpc) is 3.17. The molecule has 2 aromatic heterocycles. The summed E-state index contributed by atoms with van der Waals surface area (Å²) >= 11 is 3.63. The minimum atomic E-state index is 0.723. The van der Waals surface area contributed by atoms with Crippen molar-refractivity contribution < 1.29 is 0 Å². The number of aryl methyl sites for hydroxylation is 2. The molecule has 7 heteroatoms. The third-order valence-corrected chi connectivity index (χ3v) is 6.41. The molecule has 0 spiro atoms. The Bertz CT molecular complexity index is 684. The lowest BCUT2D eigenvalue weighted by atomic mass is 10.1. The first-order chi connectivity index (χ1) is 11.7. The molecule has 0 amide bonds. The van der Waals surface area contributed by atoms with Crippen molar-refractivity contribution in [1.29, 1.82) is 0 Å². The topological polar surface area (TPSA) is 52.6 Å². The number of thiophene rings is 1. The van der Waals surface area contributed by atoms with Crippen LogP contribution in [0.3, 0.4) is 0 Å². The van der Waals surface area contributed by atoms with Gasteiger partial charge in [-0.2, -0.15) is 0 Å². The summed E-state index contributed by atoms with van der Waals surface area (Å²) in [6.45, 7) is 9.05. The molecular formula is C17H25N5S2. The van der Waals surface area contributed by atoms with Gasteiger partial charge in [0.15, 0.2) is 5.96 Å². The zero-order valence-electron chi connectivity index (χ0n) is 14.6. The predicted octanol–water partition coefficient (Wildman–Crippen LogP) is 2.54. The summed E-state index contributed by atoms with van der Waals surface area (Å²) in [7, 11) is 1.81. The number of hydrogen-bond acceptors (Lipinski definition) is 5. The van der Waals surface area contributed by atoms with Gasteiger partial charge in [-0.1, -0.05) is 0 Å². The Morgan fingerprint density at radius 1 is 1.38 bits per heavy atom. The van der Waals surface area contributed by atoms with Crippen LogP contribution in [0.2, 0.25) is 0 Å². The fraction of sp³-hybridized carbons (Fsp3) is 0.529. The zero-order valence-corrected chi connectivity index (χ0v) is 16.2. The highest BCUT2D eigenvalue weighted by Gasteiger charge is 2.16. The first-order valence-electron chi connectivity index (χ1n) is 8.30. The van der Waals surface area contributed by atoms with Crippen LogP contribution in [0.1, 0.15) is 26.0 Å². The largest absolute Gasteiger partial charge is 0.355 e. The summed E-state index contributed by atoms with van der Waals surface area (Å²) in [5, 5.41) is 10.1. The van der Waals surface area contributed by atoms with Gasteiger partial charge in [-0.25, -0.2) is 4.98 Å². The third-order valence-electron chi connectivity index (χ3n) is 4.31. The van der Waals surface area contributed by atoms with Crippen LogP contribution in [-0.2, 0) is 19.5 Å². The van der Waals surface area contributed by atoms with E-state index in [0.717, 1.165) is 49.4 Å². The molecule has 3 rings (SSSR count). The summed E-state index contributed by atoms with van der Waals surface area (Å²) < 4.78 is 0. The molecule has 0 saturated heterocycles.